The number of hydrogen-bond donors (Lipinski definition) is 0. The quantitative estimate of drug-likeness (QED) is 0.493. The first-order chi connectivity index (χ1) is 7.81. The summed E-state index contributed by atoms with van der Waals surface area (Å²) in [7, 11) is 0. The molecule has 0 amide bonds. The molecule has 0 aliphatic rings. The molecule has 2 rings (SSSR count). The van der Waals surface area contributed by atoms with Gasteiger partial charge in [0.25, 0.3) is 0 Å². The zero-order valence-electron chi connectivity index (χ0n) is 9.26. The van der Waals surface area contributed by atoms with Crippen LogP contribution in [-0.2, 0) is 0 Å². The summed E-state index contributed by atoms with van der Waals surface area (Å²) < 4.78 is 2.44. The van der Waals surface area contributed by atoms with Crippen LogP contribution in [0.4, 0.5) is 0 Å². The van der Waals surface area contributed by atoms with Gasteiger partial charge in [-0.3, -0.25) is 0 Å². The van der Waals surface area contributed by atoms with Gasteiger partial charge in [-0.1, -0.05) is 0 Å². The maximum absolute atomic E-state index is 4.35. The topological polar surface area (TPSA) is 51.6 Å². The molecular weight excluding hydrogens is 315 g/mol. The van der Waals surface area contributed by atoms with Gasteiger partial charge in [0.15, 0.2) is 0 Å². The van der Waals surface area contributed by atoms with Crippen molar-refractivity contribution in [3.63, 3.8) is 0 Å². The van der Waals surface area contributed by atoms with Crippen molar-refractivity contribution < 1.29 is 0 Å². The minimum absolute atomic E-state index is 0.860. The summed E-state index contributed by atoms with van der Waals surface area (Å²) in [6.07, 6.45) is 4.90. The van der Waals surface area contributed by atoms with Crippen LogP contribution in [0, 0.1) is 3.70 Å². The van der Waals surface area contributed by atoms with E-state index in [0.717, 1.165) is 11.4 Å². The number of rotatable bonds is 3. The van der Waals surface area contributed by atoms with Crippen molar-refractivity contribution in [1.29, 1.82) is 0 Å². The summed E-state index contributed by atoms with van der Waals surface area (Å²) in [6.45, 7) is 2.22. The zero-order valence-corrected chi connectivity index (χ0v) is 11.4. The Kier molecular flexibility index (Phi) is 3.76. The Morgan fingerprint density at radius 3 is 2.62 bits per heavy atom. The Bertz CT molecular complexity index is 461. The first-order valence-electron chi connectivity index (χ1n) is 4.95. The molecule has 0 N–H and O–H groups in total. The van der Waals surface area contributed by atoms with Crippen LogP contribution in [-0.4, -0.2) is 29.3 Å². The molecule has 0 bridgehead atoms. The fourth-order valence-electron chi connectivity index (χ4n) is 1.23. The van der Waals surface area contributed by atoms with E-state index in [9.17, 15) is 0 Å². The Balaban J connectivity index is 2.36. The molecule has 0 radical (unpaired) electrons. The van der Waals surface area contributed by atoms with Crippen LogP contribution in [0.5, 0.6) is 0 Å². The van der Waals surface area contributed by atoms with E-state index >= 15 is 0 Å². The molecule has 0 aliphatic carbocycles. The van der Waals surface area contributed by atoms with Gasteiger partial charge in [-0.25, -0.2) is 0 Å². The van der Waals surface area contributed by atoms with Gasteiger partial charge in [-0.15, -0.1) is 0 Å². The Morgan fingerprint density at radius 1 is 1.12 bits per heavy atom. The fraction of sp³-hybridized carbons (Fsp3) is 0.273. The van der Waals surface area contributed by atoms with Crippen LogP contribution in [0.25, 0.3) is 11.4 Å². The summed E-state index contributed by atoms with van der Waals surface area (Å²) in [5.74, 6) is 0. The first-order valence-corrected chi connectivity index (χ1v) is 9.71. The molecule has 84 valence electrons. The third kappa shape index (κ3) is 2.52. The van der Waals surface area contributed by atoms with Gasteiger partial charge in [-0.05, 0) is 0 Å². The van der Waals surface area contributed by atoms with Crippen LogP contribution in [0.2, 0.25) is 0 Å². The third-order valence-electron chi connectivity index (χ3n) is 2.21. The van der Waals surface area contributed by atoms with Gasteiger partial charge < -0.3 is 0 Å². The summed E-state index contributed by atoms with van der Waals surface area (Å²) >= 11 is -1.06. The van der Waals surface area contributed by atoms with E-state index in [0.29, 0.717) is 0 Å². The third-order valence-corrected chi connectivity index (χ3v) is 6.97. The summed E-state index contributed by atoms with van der Waals surface area (Å²) in [5, 5.41) is 0. The molecule has 0 aromatic carbocycles. The van der Waals surface area contributed by atoms with Crippen molar-refractivity contribution in [2.24, 2.45) is 0 Å². The average molecular weight is 328 g/mol. The molecule has 0 saturated carbocycles. The van der Waals surface area contributed by atoms with E-state index in [2.05, 4.69) is 37.9 Å². The normalized spacial score (nSPS) is 11.2. The summed E-state index contributed by atoms with van der Waals surface area (Å²) in [4.78, 5) is 19.0. The van der Waals surface area contributed by atoms with Crippen LogP contribution in [0.1, 0.15) is 6.92 Å². The molecular formula is C11H13IN4. The molecule has 2 aromatic heterocycles. The van der Waals surface area contributed by atoms with Crippen molar-refractivity contribution in [2.45, 2.75) is 6.92 Å². The van der Waals surface area contributed by atoms with Gasteiger partial charge in [0.1, 0.15) is 0 Å². The SMILES string of the molecule is CCI(C)c1cc(-c2ccncn2)ncn1. The fourth-order valence-corrected chi connectivity index (χ4v) is 3.44. The second-order valence-electron chi connectivity index (χ2n) is 3.18. The van der Waals surface area contributed by atoms with Crippen LogP contribution in [0.15, 0.2) is 31.0 Å². The second-order valence-corrected chi connectivity index (χ2v) is 9.18. The molecule has 0 fully saturated rings. The Morgan fingerprint density at radius 2 is 1.94 bits per heavy atom. The maximum atomic E-state index is 4.35. The van der Waals surface area contributed by atoms with E-state index in [1.807, 2.05) is 6.07 Å². The van der Waals surface area contributed by atoms with E-state index in [4.69, 9.17) is 0 Å². The molecule has 2 heterocycles. The monoisotopic (exact) mass is 328 g/mol. The van der Waals surface area contributed by atoms with Crippen LogP contribution < -0.4 is 0 Å². The van der Waals surface area contributed by atoms with Crippen LogP contribution in [0.3, 0.4) is 0 Å². The van der Waals surface area contributed by atoms with Gasteiger partial charge in [0.05, 0.1) is 0 Å². The van der Waals surface area contributed by atoms with Gasteiger partial charge in [-0.2, -0.15) is 0 Å². The number of alkyl halides is 2. The van der Waals surface area contributed by atoms with E-state index in [1.165, 1.54) is 8.13 Å². The van der Waals surface area contributed by atoms with E-state index in [1.54, 1.807) is 18.9 Å². The molecule has 0 saturated heterocycles. The summed E-state index contributed by atoms with van der Waals surface area (Å²) in [5.41, 5.74) is 1.75. The number of aromatic nitrogens is 4. The van der Waals surface area contributed by atoms with Gasteiger partial charge in [0, 0.05) is 0 Å². The van der Waals surface area contributed by atoms with Crippen molar-refractivity contribution in [3.05, 3.63) is 34.7 Å². The van der Waals surface area contributed by atoms with Gasteiger partial charge in [0.2, 0.25) is 0 Å². The van der Waals surface area contributed by atoms with Crippen molar-refractivity contribution in [3.8, 4) is 11.4 Å². The minimum atomic E-state index is -1.06. The standard InChI is InChI=1S/C11H13IN4/c1-3-12(2)11-6-10(15-8-16-11)9-4-5-13-7-14-9/h4-8H,3H2,1-2H3. The predicted octanol–water partition coefficient (Wildman–Crippen LogP) is 2.26. The molecule has 4 nitrogen and oxygen atoms in total. The van der Waals surface area contributed by atoms with Gasteiger partial charge >= 0.3 is 102 Å². The first kappa shape index (κ1) is 11.4. The molecule has 0 unspecified atom stereocenters. The molecule has 2 aromatic rings. The number of nitrogens with zero attached hydrogens (tertiary/aromatic N) is 4. The number of hydrogen-bond acceptors (Lipinski definition) is 4. The molecule has 0 atom stereocenters. The molecule has 16 heavy (non-hydrogen) atoms. The Labute approximate surface area is 102 Å². The predicted molar refractivity (Wildman–Crippen MR) is 72.2 cm³/mol. The van der Waals surface area contributed by atoms with Crippen molar-refractivity contribution in [2.75, 3.05) is 9.36 Å². The average Bonchev–Trinajstić information content (AvgIpc) is 2.39. The van der Waals surface area contributed by atoms with Crippen molar-refractivity contribution in [1.82, 2.24) is 19.9 Å². The second kappa shape index (κ2) is 5.29. The number of halogens is 1. The summed E-state index contributed by atoms with van der Waals surface area (Å²) in [6, 6.07) is 3.93. The molecule has 0 aliphatic heterocycles. The Hall–Kier alpha value is -1.11. The van der Waals surface area contributed by atoms with E-state index in [-0.39, 0.29) is 0 Å². The molecule has 0 spiro atoms. The van der Waals surface area contributed by atoms with Crippen molar-refractivity contribution >= 4 is 19.8 Å². The molecule has 5 heteroatoms. The van der Waals surface area contributed by atoms with E-state index < -0.39 is 19.8 Å². The van der Waals surface area contributed by atoms with Crippen LogP contribution >= 0.6 is 19.8 Å². The zero-order chi connectivity index (χ0) is 11.4.